The average molecular weight is 279 g/mol. The first-order valence-electron chi connectivity index (χ1n) is 6.92. The number of benzene rings is 1. The molecule has 0 spiro atoms. The van der Waals surface area contributed by atoms with E-state index in [1.807, 2.05) is 0 Å². The van der Waals surface area contributed by atoms with E-state index in [1.165, 1.54) is 12.1 Å². The van der Waals surface area contributed by atoms with Gasteiger partial charge in [0.25, 0.3) is 0 Å². The lowest BCUT2D eigenvalue weighted by Crippen LogP contribution is -2.27. The van der Waals surface area contributed by atoms with Gasteiger partial charge in [0.1, 0.15) is 5.82 Å². The van der Waals surface area contributed by atoms with Gasteiger partial charge in [-0.25, -0.2) is 4.39 Å². The molecule has 2 N–H and O–H groups in total. The Bertz CT molecular complexity index is 459. The maximum atomic E-state index is 13.3. The summed E-state index contributed by atoms with van der Waals surface area (Å²) in [5.41, 5.74) is 1.59. The molecule has 1 aromatic carbocycles. The summed E-state index contributed by atoms with van der Waals surface area (Å²) < 4.78 is 13.3. The van der Waals surface area contributed by atoms with Crippen molar-refractivity contribution in [3.8, 4) is 11.8 Å². The van der Waals surface area contributed by atoms with E-state index in [0.717, 1.165) is 18.5 Å². The molecule has 0 radical (unpaired) electrons. The Labute approximate surface area is 120 Å². The highest BCUT2D eigenvalue weighted by atomic mass is 19.1. The lowest BCUT2D eigenvalue weighted by Gasteiger charge is -2.21. The molecule has 0 aliphatic rings. The van der Waals surface area contributed by atoms with Gasteiger partial charge in [0.15, 0.2) is 0 Å². The predicted octanol–water partition coefficient (Wildman–Crippen LogP) is 1.76. The minimum absolute atomic E-state index is 0.00409. The van der Waals surface area contributed by atoms with Crippen LogP contribution < -0.4 is 0 Å². The van der Waals surface area contributed by atoms with E-state index in [4.69, 9.17) is 10.2 Å². The van der Waals surface area contributed by atoms with Crippen molar-refractivity contribution in [3.05, 3.63) is 35.1 Å². The molecule has 0 aliphatic carbocycles. The summed E-state index contributed by atoms with van der Waals surface area (Å²) >= 11 is 0. The van der Waals surface area contributed by atoms with Gasteiger partial charge in [0.2, 0.25) is 0 Å². The topological polar surface area (TPSA) is 43.7 Å². The number of rotatable bonds is 7. The average Bonchev–Trinajstić information content (AvgIpc) is 2.42. The zero-order chi connectivity index (χ0) is 14.8. The minimum Gasteiger partial charge on any atom is -0.395 e. The van der Waals surface area contributed by atoms with Crippen LogP contribution in [0.1, 0.15) is 30.9 Å². The normalized spacial score (nSPS) is 10.4. The van der Waals surface area contributed by atoms with E-state index in [0.29, 0.717) is 25.1 Å². The highest BCUT2D eigenvalue weighted by molar-refractivity contribution is 5.41. The minimum atomic E-state index is -0.314. The molecule has 0 amide bonds. The summed E-state index contributed by atoms with van der Waals surface area (Å²) in [5.74, 6) is 5.41. The molecule has 0 aromatic heterocycles. The van der Waals surface area contributed by atoms with Gasteiger partial charge in [-0.05, 0) is 30.7 Å². The molecular formula is C16H22FNO2. The van der Waals surface area contributed by atoms with Crippen LogP contribution in [0.25, 0.3) is 0 Å². The fourth-order valence-corrected chi connectivity index (χ4v) is 1.99. The number of nitrogens with zero attached hydrogens (tertiary/aromatic N) is 1. The standard InChI is InChI=1S/C16H22FNO2/c1-2-8-18(9-11-20)13-15-6-7-16(17)12-14(15)5-3-4-10-19/h6-7,12,19-20H,2,4,8-11,13H2,1H3. The molecule has 0 fully saturated rings. The second-order valence-corrected chi connectivity index (χ2v) is 4.58. The highest BCUT2D eigenvalue weighted by Gasteiger charge is 2.08. The SMILES string of the molecule is CCCN(CCO)Cc1ccc(F)cc1C#CCCO. The summed E-state index contributed by atoms with van der Waals surface area (Å²) in [6, 6.07) is 4.58. The maximum Gasteiger partial charge on any atom is 0.124 e. The first kappa shape index (κ1) is 16.6. The van der Waals surface area contributed by atoms with Gasteiger partial charge in [-0.3, -0.25) is 4.90 Å². The van der Waals surface area contributed by atoms with Crippen LogP contribution in [0.4, 0.5) is 4.39 Å². The number of aliphatic hydroxyl groups is 2. The summed E-state index contributed by atoms with van der Waals surface area (Å²) in [5, 5.41) is 17.8. The Morgan fingerprint density at radius 3 is 2.65 bits per heavy atom. The van der Waals surface area contributed by atoms with E-state index in [2.05, 4.69) is 23.7 Å². The number of hydrogen-bond acceptors (Lipinski definition) is 3. The number of hydrogen-bond donors (Lipinski definition) is 2. The van der Waals surface area contributed by atoms with Crippen molar-refractivity contribution in [2.75, 3.05) is 26.3 Å². The third-order valence-electron chi connectivity index (χ3n) is 2.88. The van der Waals surface area contributed by atoms with E-state index >= 15 is 0 Å². The molecule has 0 bridgehead atoms. The molecule has 1 aromatic rings. The van der Waals surface area contributed by atoms with Crippen LogP contribution in [0.3, 0.4) is 0 Å². The number of halogens is 1. The first-order valence-corrected chi connectivity index (χ1v) is 6.92. The van der Waals surface area contributed by atoms with Crippen LogP contribution in [0.2, 0.25) is 0 Å². The lowest BCUT2D eigenvalue weighted by atomic mass is 10.1. The fourth-order valence-electron chi connectivity index (χ4n) is 1.99. The van der Waals surface area contributed by atoms with Crippen LogP contribution in [0.5, 0.6) is 0 Å². The van der Waals surface area contributed by atoms with Crippen molar-refractivity contribution in [3.63, 3.8) is 0 Å². The zero-order valence-electron chi connectivity index (χ0n) is 11.9. The van der Waals surface area contributed by atoms with E-state index in [1.54, 1.807) is 6.07 Å². The quantitative estimate of drug-likeness (QED) is 0.748. The van der Waals surface area contributed by atoms with Crippen molar-refractivity contribution in [1.82, 2.24) is 4.90 Å². The maximum absolute atomic E-state index is 13.3. The van der Waals surface area contributed by atoms with Crippen LogP contribution in [0.15, 0.2) is 18.2 Å². The van der Waals surface area contributed by atoms with Crippen LogP contribution >= 0.6 is 0 Å². The Kier molecular flexibility index (Phi) is 7.89. The second-order valence-electron chi connectivity index (χ2n) is 4.58. The zero-order valence-corrected chi connectivity index (χ0v) is 11.9. The summed E-state index contributed by atoms with van der Waals surface area (Å²) in [7, 11) is 0. The smallest absolute Gasteiger partial charge is 0.124 e. The van der Waals surface area contributed by atoms with Crippen molar-refractivity contribution in [2.45, 2.75) is 26.3 Å². The molecule has 110 valence electrons. The first-order chi connectivity index (χ1) is 9.71. The van der Waals surface area contributed by atoms with Crippen molar-refractivity contribution < 1.29 is 14.6 Å². The molecule has 0 aliphatic heterocycles. The van der Waals surface area contributed by atoms with Gasteiger partial charge in [-0.1, -0.05) is 24.8 Å². The van der Waals surface area contributed by atoms with Crippen LogP contribution in [0, 0.1) is 17.7 Å². The summed E-state index contributed by atoms with van der Waals surface area (Å²) in [6.07, 6.45) is 1.37. The van der Waals surface area contributed by atoms with Gasteiger partial charge in [0.05, 0.1) is 13.2 Å². The molecule has 4 heteroatoms. The third kappa shape index (κ3) is 5.70. The van der Waals surface area contributed by atoms with E-state index in [-0.39, 0.29) is 19.0 Å². The van der Waals surface area contributed by atoms with Gasteiger partial charge in [-0.15, -0.1) is 0 Å². The Hall–Kier alpha value is -1.41. The molecule has 0 heterocycles. The Morgan fingerprint density at radius 2 is 2.00 bits per heavy atom. The monoisotopic (exact) mass is 279 g/mol. The van der Waals surface area contributed by atoms with Crippen molar-refractivity contribution >= 4 is 0 Å². The van der Waals surface area contributed by atoms with E-state index in [9.17, 15) is 4.39 Å². The molecule has 0 unspecified atom stereocenters. The van der Waals surface area contributed by atoms with Crippen LogP contribution in [-0.4, -0.2) is 41.4 Å². The van der Waals surface area contributed by atoms with Gasteiger partial charge in [-0.2, -0.15) is 0 Å². The largest absolute Gasteiger partial charge is 0.395 e. The van der Waals surface area contributed by atoms with Gasteiger partial charge >= 0.3 is 0 Å². The molecule has 20 heavy (non-hydrogen) atoms. The second kappa shape index (κ2) is 9.49. The Morgan fingerprint density at radius 1 is 1.20 bits per heavy atom. The van der Waals surface area contributed by atoms with Gasteiger partial charge in [0, 0.05) is 25.1 Å². The third-order valence-corrected chi connectivity index (χ3v) is 2.88. The lowest BCUT2D eigenvalue weighted by molar-refractivity contribution is 0.190. The van der Waals surface area contributed by atoms with Gasteiger partial charge < -0.3 is 10.2 Å². The summed E-state index contributed by atoms with van der Waals surface area (Å²) in [6.45, 7) is 4.29. The van der Waals surface area contributed by atoms with Crippen LogP contribution in [-0.2, 0) is 6.54 Å². The molecular weight excluding hydrogens is 257 g/mol. The molecule has 0 saturated carbocycles. The summed E-state index contributed by atoms with van der Waals surface area (Å²) in [4.78, 5) is 2.12. The molecule has 1 rings (SSSR count). The Balaban J connectivity index is 2.89. The van der Waals surface area contributed by atoms with Crippen molar-refractivity contribution in [2.24, 2.45) is 0 Å². The van der Waals surface area contributed by atoms with E-state index < -0.39 is 0 Å². The molecule has 3 nitrogen and oxygen atoms in total. The highest BCUT2D eigenvalue weighted by Crippen LogP contribution is 2.13. The fraction of sp³-hybridized carbons (Fsp3) is 0.500. The molecule has 0 saturated heterocycles. The number of aliphatic hydroxyl groups excluding tert-OH is 2. The molecule has 0 atom stereocenters. The predicted molar refractivity (Wildman–Crippen MR) is 77.6 cm³/mol. The van der Waals surface area contributed by atoms with Crippen molar-refractivity contribution in [1.29, 1.82) is 0 Å².